The van der Waals surface area contributed by atoms with Gasteiger partial charge in [0, 0.05) is 13.1 Å². The van der Waals surface area contributed by atoms with Gasteiger partial charge in [0.1, 0.15) is 0 Å². The fraction of sp³-hybridized carbons (Fsp3) is 1.00. The van der Waals surface area contributed by atoms with Gasteiger partial charge in [0.25, 0.3) is 0 Å². The van der Waals surface area contributed by atoms with E-state index in [-0.39, 0.29) is 0 Å². The fourth-order valence-corrected chi connectivity index (χ4v) is 1.93. The van der Waals surface area contributed by atoms with Gasteiger partial charge >= 0.3 is 0 Å². The summed E-state index contributed by atoms with van der Waals surface area (Å²) in [6.07, 6.45) is 3.90. The van der Waals surface area contributed by atoms with Gasteiger partial charge in [-0.1, -0.05) is 6.42 Å². The third-order valence-corrected chi connectivity index (χ3v) is 3.19. The van der Waals surface area contributed by atoms with E-state index in [0.717, 1.165) is 39.5 Å². The van der Waals surface area contributed by atoms with Gasteiger partial charge in [-0.15, -0.1) is 0 Å². The first-order valence-corrected chi connectivity index (χ1v) is 6.81. The molecule has 0 spiro atoms. The Balaban J connectivity index is 2.19. The molecular weight excluding hydrogens is 216 g/mol. The number of nitrogens with zero attached hydrogens (tertiary/aromatic N) is 2. The average Bonchev–Trinajstić information content (AvgIpc) is 2.31. The van der Waals surface area contributed by atoms with E-state index in [4.69, 9.17) is 9.47 Å². The normalized spacial score (nSPS) is 25.1. The summed E-state index contributed by atoms with van der Waals surface area (Å²) < 4.78 is 11.1. The van der Waals surface area contributed by atoms with E-state index in [2.05, 4.69) is 23.9 Å². The van der Waals surface area contributed by atoms with Crippen molar-refractivity contribution in [3.63, 3.8) is 0 Å². The van der Waals surface area contributed by atoms with Gasteiger partial charge in [-0.3, -0.25) is 0 Å². The molecule has 0 unspecified atom stereocenters. The zero-order valence-corrected chi connectivity index (χ0v) is 11.5. The van der Waals surface area contributed by atoms with Gasteiger partial charge in [0.05, 0.1) is 26.4 Å². The lowest BCUT2D eigenvalue weighted by Crippen LogP contribution is -2.25. The summed E-state index contributed by atoms with van der Waals surface area (Å²) in [5.41, 5.74) is 0. The number of likely N-dealkylation sites (N-methyl/N-ethyl adjacent to an activating group) is 2. The van der Waals surface area contributed by atoms with Crippen LogP contribution in [0.1, 0.15) is 19.3 Å². The molecule has 1 saturated heterocycles. The van der Waals surface area contributed by atoms with Crippen LogP contribution in [0.4, 0.5) is 0 Å². The molecule has 0 aromatic rings. The standard InChI is InChI=1S/C13H28N2O2/c1-14-6-4-3-5-7-15(2)9-11-17-13-12-16-10-8-14/h3-13H2,1-2H3. The summed E-state index contributed by atoms with van der Waals surface area (Å²) in [7, 11) is 4.34. The van der Waals surface area contributed by atoms with E-state index in [9.17, 15) is 0 Å². The first kappa shape index (κ1) is 14.9. The second-order valence-electron chi connectivity index (χ2n) is 4.89. The van der Waals surface area contributed by atoms with Crippen LogP contribution in [0.3, 0.4) is 0 Å². The highest BCUT2D eigenvalue weighted by molar-refractivity contribution is 4.55. The number of ether oxygens (including phenoxy) is 2. The summed E-state index contributed by atoms with van der Waals surface area (Å²) in [6.45, 7) is 7.50. The van der Waals surface area contributed by atoms with Crippen molar-refractivity contribution in [1.82, 2.24) is 9.80 Å². The maximum atomic E-state index is 5.53. The SMILES string of the molecule is CN1CCCCCN(C)CCOCCOCC1. The molecule has 1 fully saturated rings. The molecule has 0 aromatic heterocycles. The average molecular weight is 244 g/mol. The third-order valence-electron chi connectivity index (χ3n) is 3.19. The van der Waals surface area contributed by atoms with E-state index in [1.807, 2.05) is 0 Å². The van der Waals surface area contributed by atoms with Crippen LogP contribution in [0.5, 0.6) is 0 Å². The van der Waals surface area contributed by atoms with Crippen LogP contribution >= 0.6 is 0 Å². The Morgan fingerprint density at radius 2 is 1.06 bits per heavy atom. The van der Waals surface area contributed by atoms with Crippen molar-refractivity contribution < 1.29 is 9.47 Å². The smallest absolute Gasteiger partial charge is 0.0701 e. The molecule has 1 aliphatic heterocycles. The minimum atomic E-state index is 0.720. The molecule has 0 amide bonds. The second kappa shape index (κ2) is 9.83. The highest BCUT2D eigenvalue weighted by atomic mass is 16.5. The zero-order chi connectivity index (χ0) is 12.3. The first-order valence-electron chi connectivity index (χ1n) is 6.81. The molecule has 4 heteroatoms. The monoisotopic (exact) mass is 244 g/mol. The van der Waals surface area contributed by atoms with Crippen molar-refractivity contribution in [2.75, 3.05) is 66.7 Å². The van der Waals surface area contributed by atoms with Crippen molar-refractivity contribution in [3.05, 3.63) is 0 Å². The minimum Gasteiger partial charge on any atom is -0.378 e. The molecule has 0 atom stereocenters. The van der Waals surface area contributed by atoms with Gasteiger partial charge in [-0.2, -0.15) is 0 Å². The van der Waals surface area contributed by atoms with Crippen LogP contribution in [-0.4, -0.2) is 76.5 Å². The summed E-state index contributed by atoms with van der Waals surface area (Å²) in [6, 6.07) is 0. The van der Waals surface area contributed by atoms with E-state index in [1.165, 1.54) is 32.4 Å². The number of hydrogen-bond donors (Lipinski definition) is 0. The van der Waals surface area contributed by atoms with Crippen LogP contribution in [0.15, 0.2) is 0 Å². The summed E-state index contributed by atoms with van der Waals surface area (Å²) in [5, 5.41) is 0. The minimum absolute atomic E-state index is 0.720. The molecule has 0 aliphatic carbocycles. The van der Waals surface area contributed by atoms with Crippen LogP contribution < -0.4 is 0 Å². The molecule has 0 radical (unpaired) electrons. The molecule has 0 bridgehead atoms. The molecule has 1 rings (SSSR count). The molecule has 0 N–H and O–H groups in total. The van der Waals surface area contributed by atoms with Gasteiger partial charge in [0.15, 0.2) is 0 Å². The Hall–Kier alpha value is -0.160. The largest absolute Gasteiger partial charge is 0.378 e. The molecule has 1 aliphatic rings. The highest BCUT2D eigenvalue weighted by Crippen LogP contribution is 2.00. The lowest BCUT2D eigenvalue weighted by Gasteiger charge is -2.17. The Bertz CT molecular complexity index is 161. The zero-order valence-electron chi connectivity index (χ0n) is 11.5. The molecule has 1 heterocycles. The quantitative estimate of drug-likeness (QED) is 0.636. The maximum Gasteiger partial charge on any atom is 0.0701 e. The third kappa shape index (κ3) is 8.55. The molecule has 4 nitrogen and oxygen atoms in total. The second-order valence-corrected chi connectivity index (χ2v) is 4.89. The predicted octanol–water partition coefficient (Wildman–Crippen LogP) is 1.07. The van der Waals surface area contributed by atoms with Crippen molar-refractivity contribution in [2.45, 2.75) is 19.3 Å². The number of hydrogen-bond acceptors (Lipinski definition) is 4. The van der Waals surface area contributed by atoms with Crippen LogP contribution in [0.25, 0.3) is 0 Å². The number of rotatable bonds is 0. The lowest BCUT2D eigenvalue weighted by atomic mass is 10.2. The first-order chi connectivity index (χ1) is 8.29. The van der Waals surface area contributed by atoms with Crippen LogP contribution in [-0.2, 0) is 9.47 Å². The topological polar surface area (TPSA) is 24.9 Å². The van der Waals surface area contributed by atoms with E-state index in [1.54, 1.807) is 0 Å². The van der Waals surface area contributed by atoms with Crippen molar-refractivity contribution in [3.8, 4) is 0 Å². The van der Waals surface area contributed by atoms with E-state index in [0.29, 0.717) is 0 Å². The van der Waals surface area contributed by atoms with Gasteiger partial charge < -0.3 is 19.3 Å². The van der Waals surface area contributed by atoms with Crippen LogP contribution in [0.2, 0.25) is 0 Å². The van der Waals surface area contributed by atoms with E-state index < -0.39 is 0 Å². The van der Waals surface area contributed by atoms with Gasteiger partial charge in [0.2, 0.25) is 0 Å². The molecular formula is C13H28N2O2. The molecule has 0 saturated carbocycles. The lowest BCUT2D eigenvalue weighted by molar-refractivity contribution is 0.0357. The van der Waals surface area contributed by atoms with Crippen molar-refractivity contribution >= 4 is 0 Å². The highest BCUT2D eigenvalue weighted by Gasteiger charge is 2.02. The van der Waals surface area contributed by atoms with Crippen molar-refractivity contribution in [1.29, 1.82) is 0 Å². The Labute approximate surface area is 106 Å². The van der Waals surface area contributed by atoms with Gasteiger partial charge in [-0.05, 0) is 40.0 Å². The molecule has 0 aromatic carbocycles. The summed E-state index contributed by atoms with van der Waals surface area (Å²) >= 11 is 0. The molecule has 102 valence electrons. The fourth-order valence-electron chi connectivity index (χ4n) is 1.93. The Morgan fingerprint density at radius 3 is 1.53 bits per heavy atom. The summed E-state index contributed by atoms with van der Waals surface area (Å²) in [4.78, 5) is 4.70. The van der Waals surface area contributed by atoms with Gasteiger partial charge in [-0.25, -0.2) is 0 Å². The van der Waals surface area contributed by atoms with Crippen molar-refractivity contribution in [2.24, 2.45) is 0 Å². The summed E-state index contributed by atoms with van der Waals surface area (Å²) in [5.74, 6) is 0. The predicted molar refractivity (Wildman–Crippen MR) is 70.5 cm³/mol. The van der Waals surface area contributed by atoms with Crippen LogP contribution in [0, 0.1) is 0 Å². The maximum absolute atomic E-state index is 5.53. The van der Waals surface area contributed by atoms with E-state index >= 15 is 0 Å². The Morgan fingerprint density at radius 1 is 0.588 bits per heavy atom. The Kier molecular flexibility index (Phi) is 8.61. The molecule has 17 heavy (non-hydrogen) atoms.